The minimum atomic E-state index is -0.430. The van der Waals surface area contributed by atoms with Crippen LogP contribution in [0.2, 0.25) is 0 Å². The number of carbonyl (C=O) groups excluding carboxylic acids is 1. The second-order valence-electron chi connectivity index (χ2n) is 3.90. The van der Waals surface area contributed by atoms with Gasteiger partial charge in [0.1, 0.15) is 5.76 Å². The number of hydrogen-bond donors (Lipinski definition) is 1. The summed E-state index contributed by atoms with van der Waals surface area (Å²) in [6, 6.07) is 5.17. The minimum Gasteiger partial charge on any atom is -0.467 e. The maximum atomic E-state index is 11.9. The molecular weight excluding hydrogens is 300 g/mol. The number of nitrogens with zero attached hydrogens (tertiary/aromatic N) is 1. The molecule has 1 amide bonds. The van der Waals surface area contributed by atoms with E-state index in [0.29, 0.717) is 17.2 Å². The van der Waals surface area contributed by atoms with Gasteiger partial charge in [0, 0.05) is 0 Å². The molecule has 2 aromatic heterocycles. The van der Waals surface area contributed by atoms with Crippen LogP contribution in [-0.4, -0.2) is 16.1 Å². The average molecular weight is 312 g/mol. The lowest BCUT2D eigenvalue weighted by molar-refractivity contribution is -0.382. The minimum absolute atomic E-state index is 0.0701. The highest BCUT2D eigenvalue weighted by atomic mass is 32.2. The van der Waals surface area contributed by atoms with Crippen molar-refractivity contribution in [2.75, 3.05) is 0 Å². The van der Waals surface area contributed by atoms with Gasteiger partial charge < -0.3 is 9.73 Å². The van der Waals surface area contributed by atoms with Crippen molar-refractivity contribution in [1.29, 1.82) is 0 Å². The summed E-state index contributed by atoms with van der Waals surface area (Å²) in [5.41, 5.74) is 0. The van der Waals surface area contributed by atoms with Crippen LogP contribution in [0.3, 0.4) is 0 Å². The zero-order chi connectivity index (χ0) is 14.5. The van der Waals surface area contributed by atoms with Crippen molar-refractivity contribution in [3.63, 3.8) is 0 Å². The average Bonchev–Trinajstić information content (AvgIpc) is 3.06. The molecule has 0 aliphatic heterocycles. The fourth-order valence-corrected chi connectivity index (χ4v) is 3.36. The van der Waals surface area contributed by atoms with Crippen LogP contribution in [0, 0.1) is 10.1 Å². The molecule has 0 bridgehead atoms. The van der Waals surface area contributed by atoms with Gasteiger partial charge in [-0.15, -0.1) is 11.8 Å². The van der Waals surface area contributed by atoms with Gasteiger partial charge in [-0.1, -0.05) is 11.3 Å². The van der Waals surface area contributed by atoms with Crippen molar-refractivity contribution in [2.45, 2.75) is 23.6 Å². The Hall–Kier alpha value is -1.80. The van der Waals surface area contributed by atoms with Crippen LogP contribution < -0.4 is 5.32 Å². The molecule has 0 spiro atoms. The molecule has 2 heterocycles. The highest BCUT2D eigenvalue weighted by Gasteiger charge is 2.21. The van der Waals surface area contributed by atoms with Gasteiger partial charge in [-0.3, -0.25) is 14.9 Å². The van der Waals surface area contributed by atoms with E-state index in [9.17, 15) is 14.9 Å². The third kappa shape index (κ3) is 3.61. The van der Waals surface area contributed by atoms with Gasteiger partial charge in [-0.25, -0.2) is 0 Å². The summed E-state index contributed by atoms with van der Waals surface area (Å²) in [6.45, 7) is 2.02. The molecule has 1 N–H and O–H groups in total. The molecule has 0 fully saturated rings. The third-order valence-electron chi connectivity index (χ3n) is 2.47. The maximum absolute atomic E-state index is 11.9. The lowest BCUT2D eigenvalue weighted by atomic mass is 10.4. The largest absolute Gasteiger partial charge is 0.467 e. The van der Waals surface area contributed by atoms with E-state index in [1.807, 2.05) is 0 Å². The van der Waals surface area contributed by atoms with Gasteiger partial charge in [-0.05, 0) is 30.5 Å². The van der Waals surface area contributed by atoms with Crippen LogP contribution in [0.4, 0.5) is 5.00 Å². The second-order valence-corrected chi connectivity index (χ2v) is 6.18. The van der Waals surface area contributed by atoms with E-state index in [1.165, 1.54) is 18.0 Å². The first-order valence-electron chi connectivity index (χ1n) is 5.76. The summed E-state index contributed by atoms with van der Waals surface area (Å²) in [7, 11) is 0. The lowest BCUT2D eigenvalue weighted by Gasteiger charge is -2.09. The molecule has 0 saturated carbocycles. The van der Waals surface area contributed by atoms with Gasteiger partial charge in [0.15, 0.2) is 0 Å². The monoisotopic (exact) mass is 312 g/mol. The Balaban J connectivity index is 1.90. The zero-order valence-corrected chi connectivity index (χ0v) is 12.2. The van der Waals surface area contributed by atoms with Crippen molar-refractivity contribution >= 4 is 34.0 Å². The Labute approximate surface area is 123 Å². The molecule has 0 unspecified atom stereocenters. The van der Waals surface area contributed by atoms with E-state index in [1.54, 1.807) is 30.5 Å². The van der Waals surface area contributed by atoms with Crippen LogP contribution in [-0.2, 0) is 11.3 Å². The number of amides is 1. The van der Waals surface area contributed by atoms with Gasteiger partial charge in [0.25, 0.3) is 0 Å². The first kappa shape index (κ1) is 14.6. The molecule has 20 heavy (non-hydrogen) atoms. The number of nitrogens with one attached hydrogen (secondary N) is 1. The molecule has 106 valence electrons. The van der Waals surface area contributed by atoms with E-state index in [0.717, 1.165) is 11.3 Å². The molecule has 0 radical (unpaired) electrons. The smallest absolute Gasteiger partial charge is 0.337 e. The van der Waals surface area contributed by atoms with Crippen molar-refractivity contribution in [1.82, 2.24) is 5.32 Å². The standard InChI is InChI=1S/C12H12N2O4S2/c1-8(11(15)13-7-9-3-2-5-18-9)20-10-4-6-19-12(10)14(16)17/h2-6,8H,7H2,1H3,(H,13,15)/t8-/m1/s1. The number of thiophene rings is 1. The van der Waals surface area contributed by atoms with Gasteiger partial charge >= 0.3 is 5.00 Å². The number of thioether (sulfide) groups is 1. The molecule has 0 aliphatic rings. The van der Waals surface area contributed by atoms with Crippen LogP contribution in [0.25, 0.3) is 0 Å². The highest BCUT2D eigenvalue weighted by molar-refractivity contribution is 8.00. The lowest BCUT2D eigenvalue weighted by Crippen LogP contribution is -2.30. The van der Waals surface area contributed by atoms with Crippen molar-refractivity contribution in [2.24, 2.45) is 0 Å². The maximum Gasteiger partial charge on any atom is 0.337 e. The number of furan rings is 1. The van der Waals surface area contributed by atoms with Gasteiger partial charge in [-0.2, -0.15) is 0 Å². The summed E-state index contributed by atoms with van der Waals surface area (Å²) in [5.74, 6) is 0.476. The van der Waals surface area contributed by atoms with E-state index in [2.05, 4.69) is 5.32 Å². The quantitative estimate of drug-likeness (QED) is 0.503. The summed E-state index contributed by atoms with van der Waals surface area (Å²) in [4.78, 5) is 22.8. The summed E-state index contributed by atoms with van der Waals surface area (Å²) >= 11 is 2.23. The predicted molar refractivity (Wildman–Crippen MR) is 76.8 cm³/mol. The molecule has 0 aliphatic carbocycles. The Kier molecular flexibility index (Phi) is 4.80. The highest BCUT2D eigenvalue weighted by Crippen LogP contribution is 2.36. The Morgan fingerprint density at radius 1 is 1.60 bits per heavy atom. The molecule has 2 rings (SSSR count). The Morgan fingerprint density at radius 2 is 2.40 bits per heavy atom. The topological polar surface area (TPSA) is 85.4 Å². The van der Waals surface area contributed by atoms with Gasteiger partial charge in [0.05, 0.1) is 27.9 Å². The molecule has 8 heteroatoms. The van der Waals surface area contributed by atoms with E-state index in [4.69, 9.17) is 4.42 Å². The molecule has 0 aromatic carbocycles. The fraction of sp³-hybridized carbons (Fsp3) is 0.250. The third-order valence-corrected chi connectivity index (χ3v) is 4.61. The molecule has 1 atom stereocenters. The molecule has 0 saturated heterocycles. The van der Waals surface area contributed by atoms with Crippen molar-refractivity contribution in [3.8, 4) is 0 Å². The molecular formula is C12H12N2O4S2. The number of rotatable bonds is 6. The second kappa shape index (κ2) is 6.58. The number of carbonyl (C=O) groups is 1. The SMILES string of the molecule is C[C@@H](Sc1ccsc1[N+](=O)[O-])C(=O)NCc1ccco1. The van der Waals surface area contributed by atoms with Crippen LogP contribution in [0.5, 0.6) is 0 Å². The van der Waals surface area contributed by atoms with Crippen LogP contribution in [0.15, 0.2) is 39.2 Å². The summed E-state index contributed by atoms with van der Waals surface area (Å²) in [6.07, 6.45) is 1.54. The van der Waals surface area contributed by atoms with Crippen LogP contribution in [0.1, 0.15) is 12.7 Å². The molecule has 6 nitrogen and oxygen atoms in total. The van der Waals surface area contributed by atoms with E-state index < -0.39 is 10.2 Å². The summed E-state index contributed by atoms with van der Waals surface area (Å²) < 4.78 is 5.11. The first-order valence-corrected chi connectivity index (χ1v) is 7.52. The summed E-state index contributed by atoms with van der Waals surface area (Å²) in [5, 5.41) is 14.8. The van der Waals surface area contributed by atoms with E-state index >= 15 is 0 Å². The number of nitro groups is 1. The Bertz CT molecular complexity index is 594. The predicted octanol–water partition coefficient (Wildman–Crippen LogP) is 3.05. The molecule has 2 aromatic rings. The van der Waals surface area contributed by atoms with Crippen molar-refractivity contribution in [3.05, 3.63) is 45.7 Å². The Morgan fingerprint density at radius 3 is 3.05 bits per heavy atom. The normalized spacial score (nSPS) is 12.1. The first-order chi connectivity index (χ1) is 9.58. The van der Waals surface area contributed by atoms with Crippen molar-refractivity contribution < 1.29 is 14.1 Å². The van der Waals surface area contributed by atoms with E-state index in [-0.39, 0.29) is 10.9 Å². The fourth-order valence-electron chi connectivity index (χ4n) is 1.49. The van der Waals surface area contributed by atoms with Crippen LogP contribution >= 0.6 is 23.1 Å². The number of hydrogen-bond acceptors (Lipinski definition) is 6. The van der Waals surface area contributed by atoms with Gasteiger partial charge in [0.2, 0.25) is 5.91 Å². The zero-order valence-electron chi connectivity index (χ0n) is 10.6.